The number of carbonyl (C=O) groups excluding carboxylic acids is 1. The molecule has 0 atom stereocenters. The SMILES string of the molecule is Cc1cc(Br)cc(NC(=O)c2ccccc2Br)c1. The molecule has 0 saturated heterocycles. The molecule has 1 N–H and O–H groups in total. The maximum Gasteiger partial charge on any atom is 0.256 e. The van der Waals surface area contributed by atoms with Gasteiger partial charge in [-0.25, -0.2) is 0 Å². The van der Waals surface area contributed by atoms with Crippen molar-refractivity contribution in [3.8, 4) is 0 Å². The van der Waals surface area contributed by atoms with Crippen LogP contribution in [0, 0.1) is 6.92 Å². The fourth-order valence-corrected chi connectivity index (χ4v) is 2.72. The molecule has 0 aliphatic rings. The van der Waals surface area contributed by atoms with E-state index in [1.165, 1.54) is 0 Å². The molecule has 0 bridgehead atoms. The Morgan fingerprint density at radius 3 is 2.50 bits per heavy atom. The third kappa shape index (κ3) is 3.21. The van der Waals surface area contributed by atoms with Gasteiger partial charge in [-0.3, -0.25) is 4.79 Å². The first-order valence-electron chi connectivity index (χ1n) is 5.39. The lowest BCUT2D eigenvalue weighted by Crippen LogP contribution is -2.12. The third-order valence-electron chi connectivity index (χ3n) is 2.42. The molecule has 92 valence electrons. The molecule has 18 heavy (non-hydrogen) atoms. The Morgan fingerprint density at radius 1 is 1.11 bits per heavy atom. The van der Waals surface area contributed by atoms with Gasteiger partial charge < -0.3 is 5.32 Å². The number of aryl methyl sites for hydroxylation is 1. The number of nitrogens with one attached hydrogen (secondary N) is 1. The lowest BCUT2D eigenvalue weighted by molar-refractivity contribution is 0.102. The molecule has 0 aliphatic carbocycles. The highest BCUT2D eigenvalue weighted by Gasteiger charge is 2.09. The van der Waals surface area contributed by atoms with Crippen LogP contribution >= 0.6 is 31.9 Å². The highest BCUT2D eigenvalue weighted by atomic mass is 79.9. The molecule has 0 radical (unpaired) electrons. The minimum absolute atomic E-state index is 0.125. The predicted octanol–water partition coefficient (Wildman–Crippen LogP) is 4.77. The van der Waals surface area contributed by atoms with Gasteiger partial charge >= 0.3 is 0 Å². The van der Waals surface area contributed by atoms with Crippen LogP contribution in [0.1, 0.15) is 15.9 Å². The van der Waals surface area contributed by atoms with E-state index in [1.54, 1.807) is 6.07 Å². The standard InChI is InChI=1S/C14H11Br2NO/c1-9-6-10(15)8-11(7-9)17-14(18)12-4-2-3-5-13(12)16/h2-8H,1H3,(H,17,18). The Hall–Kier alpha value is -1.13. The largest absolute Gasteiger partial charge is 0.322 e. The number of rotatable bonds is 2. The minimum atomic E-state index is -0.125. The summed E-state index contributed by atoms with van der Waals surface area (Å²) in [6, 6.07) is 13.1. The maximum atomic E-state index is 12.1. The Morgan fingerprint density at radius 2 is 1.83 bits per heavy atom. The zero-order chi connectivity index (χ0) is 13.1. The van der Waals surface area contributed by atoms with Crippen LogP contribution in [0.3, 0.4) is 0 Å². The average Bonchev–Trinajstić information content (AvgIpc) is 2.27. The molecule has 0 aromatic heterocycles. The van der Waals surface area contributed by atoms with Crippen LogP contribution < -0.4 is 5.32 Å². The van der Waals surface area contributed by atoms with E-state index < -0.39 is 0 Å². The second kappa shape index (κ2) is 5.67. The molecule has 1 amide bonds. The number of benzene rings is 2. The zero-order valence-corrected chi connectivity index (χ0v) is 12.9. The van der Waals surface area contributed by atoms with Crippen molar-refractivity contribution < 1.29 is 4.79 Å². The molecule has 0 fully saturated rings. The number of anilines is 1. The first kappa shape index (κ1) is 13.3. The lowest BCUT2D eigenvalue weighted by Gasteiger charge is -2.08. The Labute approximate surface area is 123 Å². The van der Waals surface area contributed by atoms with Gasteiger partial charge in [0.15, 0.2) is 0 Å². The number of halogens is 2. The van der Waals surface area contributed by atoms with Gasteiger partial charge in [0.25, 0.3) is 5.91 Å². The topological polar surface area (TPSA) is 29.1 Å². The van der Waals surface area contributed by atoms with Crippen LogP contribution in [-0.4, -0.2) is 5.91 Å². The Bertz CT molecular complexity index is 576. The van der Waals surface area contributed by atoms with Gasteiger partial charge in [-0.2, -0.15) is 0 Å². The first-order valence-corrected chi connectivity index (χ1v) is 6.98. The van der Waals surface area contributed by atoms with Gasteiger partial charge in [-0.05, 0) is 58.7 Å². The van der Waals surface area contributed by atoms with E-state index in [-0.39, 0.29) is 5.91 Å². The summed E-state index contributed by atoms with van der Waals surface area (Å²) in [4.78, 5) is 12.1. The molecule has 2 aromatic carbocycles. The van der Waals surface area contributed by atoms with Crippen molar-refractivity contribution in [3.63, 3.8) is 0 Å². The van der Waals surface area contributed by atoms with Gasteiger partial charge in [-0.1, -0.05) is 28.1 Å². The average molecular weight is 369 g/mol. The van der Waals surface area contributed by atoms with Gasteiger partial charge in [0.1, 0.15) is 0 Å². The molecular formula is C14H11Br2NO. The molecule has 0 spiro atoms. The van der Waals surface area contributed by atoms with Crippen molar-refractivity contribution in [2.45, 2.75) is 6.92 Å². The third-order valence-corrected chi connectivity index (χ3v) is 3.57. The lowest BCUT2D eigenvalue weighted by atomic mass is 10.2. The smallest absolute Gasteiger partial charge is 0.256 e. The summed E-state index contributed by atoms with van der Waals surface area (Å²) in [5.41, 5.74) is 2.49. The predicted molar refractivity (Wildman–Crippen MR) is 81.0 cm³/mol. The van der Waals surface area contributed by atoms with E-state index in [1.807, 2.05) is 43.3 Å². The fourth-order valence-electron chi connectivity index (χ4n) is 1.65. The summed E-state index contributed by atoms with van der Waals surface area (Å²) in [6.07, 6.45) is 0. The van der Waals surface area contributed by atoms with Crippen LogP contribution in [0.25, 0.3) is 0 Å². The van der Waals surface area contributed by atoms with E-state index in [0.717, 1.165) is 20.2 Å². The summed E-state index contributed by atoms with van der Waals surface area (Å²) in [5.74, 6) is -0.125. The molecular weight excluding hydrogens is 358 g/mol. The molecule has 4 heteroatoms. The van der Waals surface area contributed by atoms with Crippen molar-refractivity contribution in [1.29, 1.82) is 0 Å². The number of hydrogen-bond donors (Lipinski definition) is 1. The second-order valence-electron chi connectivity index (χ2n) is 3.95. The number of hydrogen-bond acceptors (Lipinski definition) is 1. The molecule has 0 unspecified atom stereocenters. The van der Waals surface area contributed by atoms with E-state index in [9.17, 15) is 4.79 Å². The van der Waals surface area contributed by atoms with Gasteiger partial charge in [0.2, 0.25) is 0 Å². The molecule has 0 aliphatic heterocycles. The molecule has 2 aromatic rings. The van der Waals surface area contributed by atoms with Crippen molar-refractivity contribution in [1.82, 2.24) is 0 Å². The Kier molecular flexibility index (Phi) is 4.19. The molecule has 0 saturated carbocycles. The maximum absolute atomic E-state index is 12.1. The molecule has 2 rings (SSSR count). The van der Waals surface area contributed by atoms with Gasteiger partial charge in [-0.15, -0.1) is 0 Å². The summed E-state index contributed by atoms with van der Waals surface area (Å²) in [7, 11) is 0. The highest BCUT2D eigenvalue weighted by Crippen LogP contribution is 2.21. The van der Waals surface area contributed by atoms with E-state index >= 15 is 0 Å². The quantitative estimate of drug-likeness (QED) is 0.812. The van der Waals surface area contributed by atoms with Gasteiger partial charge in [0.05, 0.1) is 5.56 Å². The van der Waals surface area contributed by atoms with E-state index in [0.29, 0.717) is 5.56 Å². The highest BCUT2D eigenvalue weighted by molar-refractivity contribution is 9.10. The summed E-state index contributed by atoms with van der Waals surface area (Å²) in [6.45, 7) is 1.98. The van der Waals surface area contributed by atoms with Crippen molar-refractivity contribution >= 4 is 43.5 Å². The van der Waals surface area contributed by atoms with Crippen molar-refractivity contribution in [2.75, 3.05) is 5.32 Å². The van der Waals surface area contributed by atoms with Crippen LogP contribution in [0.5, 0.6) is 0 Å². The number of amides is 1. The Balaban J connectivity index is 2.24. The van der Waals surface area contributed by atoms with Crippen LogP contribution in [0.4, 0.5) is 5.69 Å². The monoisotopic (exact) mass is 367 g/mol. The van der Waals surface area contributed by atoms with Gasteiger partial charge in [0, 0.05) is 14.6 Å². The van der Waals surface area contributed by atoms with Crippen molar-refractivity contribution in [3.05, 3.63) is 62.5 Å². The second-order valence-corrected chi connectivity index (χ2v) is 5.72. The summed E-state index contributed by atoms with van der Waals surface area (Å²) in [5, 5.41) is 2.88. The molecule has 2 nitrogen and oxygen atoms in total. The van der Waals surface area contributed by atoms with Crippen LogP contribution in [0.15, 0.2) is 51.4 Å². The zero-order valence-electron chi connectivity index (χ0n) is 9.71. The van der Waals surface area contributed by atoms with Crippen molar-refractivity contribution in [2.24, 2.45) is 0 Å². The first-order chi connectivity index (χ1) is 8.56. The minimum Gasteiger partial charge on any atom is -0.322 e. The normalized spacial score (nSPS) is 10.2. The summed E-state index contributed by atoms with van der Waals surface area (Å²) < 4.78 is 1.74. The van der Waals surface area contributed by atoms with E-state index in [4.69, 9.17) is 0 Å². The van der Waals surface area contributed by atoms with E-state index in [2.05, 4.69) is 37.2 Å². The van der Waals surface area contributed by atoms with Crippen LogP contribution in [0.2, 0.25) is 0 Å². The van der Waals surface area contributed by atoms with Crippen LogP contribution in [-0.2, 0) is 0 Å². The summed E-state index contributed by atoms with van der Waals surface area (Å²) >= 11 is 6.78. The molecule has 0 heterocycles. The number of carbonyl (C=O) groups is 1. The fraction of sp³-hybridized carbons (Fsp3) is 0.0714.